The number of carbonyl (C=O) groups excluding carboxylic acids is 1. The predicted molar refractivity (Wildman–Crippen MR) is 135 cm³/mol. The molecule has 2 fully saturated rings. The van der Waals surface area contributed by atoms with E-state index in [9.17, 15) is 9.90 Å². The summed E-state index contributed by atoms with van der Waals surface area (Å²) >= 11 is 0. The number of amides is 1. The van der Waals surface area contributed by atoms with Crippen LogP contribution in [0, 0.1) is 0 Å². The van der Waals surface area contributed by atoms with E-state index in [1.807, 2.05) is 54.4 Å². The Labute approximate surface area is 211 Å². The molecule has 2 N–H and O–H groups in total. The summed E-state index contributed by atoms with van der Waals surface area (Å²) in [4.78, 5) is 15.0. The van der Waals surface area contributed by atoms with E-state index in [4.69, 9.17) is 4.74 Å². The molecule has 2 aliphatic rings. The maximum absolute atomic E-state index is 13.0. The number of likely N-dealkylation sites (tertiary alicyclic amines) is 1. The number of piperidine rings is 1. The van der Waals surface area contributed by atoms with Crippen LogP contribution in [0.25, 0.3) is 0 Å². The van der Waals surface area contributed by atoms with E-state index in [-0.39, 0.29) is 18.6 Å². The minimum Gasteiger partial charge on any atom is -0.491 e. The number of nitrogens with zero attached hydrogens (tertiary/aromatic N) is 5. The molecule has 1 aromatic heterocycles. The van der Waals surface area contributed by atoms with Gasteiger partial charge in [-0.15, -0.1) is 5.10 Å². The van der Waals surface area contributed by atoms with Crippen molar-refractivity contribution in [2.24, 2.45) is 7.05 Å². The molecular formula is C27H34N6O3. The molecule has 9 nitrogen and oxygen atoms in total. The zero-order valence-corrected chi connectivity index (χ0v) is 20.7. The number of nitrogens with one attached hydrogen (secondary N) is 1. The van der Waals surface area contributed by atoms with Gasteiger partial charge in [-0.05, 0) is 72.4 Å². The SMILES string of the molecule is Cn1nnnc1C1CCN(C(=O)c2ccc(C[C@@H]3CC[C@H]([C@H](O)COc4ccccc4)N3)cc2)CC1. The topological polar surface area (TPSA) is 105 Å². The summed E-state index contributed by atoms with van der Waals surface area (Å²) in [7, 11) is 1.86. The third kappa shape index (κ3) is 5.74. The summed E-state index contributed by atoms with van der Waals surface area (Å²) in [5.74, 6) is 2.04. The Morgan fingerprint density at radius 3 is 2.53 bits per heavy atom. The van der Waals surface area contributed by atoms with Gasteiger partial charge in [0, 0.05) is 43.7 Å². The van der Waals surface area contributed by atoms with Crippen molar-refractivity contribution in [2.75, 3.05) is 19.7 Å². The lowest BCUT2D eigenvalue weighted by atomic mass is 9.95. The van der Waals surface area contributed by atoms with Gasteiger partial charge in [0.05, 0.1) is 0 Å². The number of hydrogen-bond donors (Lipinski definition) is 2. The summed E-state index contributed by atoms with van der Waals surface area (Å²) in [5.41, 5.74) is 1.91. The molecule has 2 saturated heterocycles. The maximum Gasteiger partial charge on any atom is 0.253 e. The molecule has 0 saturated carbocycles. The first-order valence-corrected chi connectivity index (χ1v) is 12.8. The highest BCUT2D eigenvalue weighted by molar-refractivity contribution is 5.94. The molecule has 5 rings (SSSR count). The normalized spacial score (nSPS) is 21.4. The lowest BCUT2D eigenvalue weighted by molar-refractivity contribution is 0.0710. The lowest BCUT2D eigenvalue weighted by Crippen LogP contribution is -2.42. The first-order valence-electron chi connectivity index (χ1n) is 12.8. The van der Waals surface area contributed by atoms with Crippen molar-refractivity contribution in [1.82, 2.24) is 30.4 Å². The minimum absolute atomic E-state index is 0.0276. The maximum atomic E-state index is 13.0. The van der Waals surface area contributed by atoms with Gasteiger partial charge in [0.15, 0.2) is 5.82 Å². The van der Waals surface area contributed by atoms with Crippen molar-refractivity contribution in [3.05, 3.63) is 71.5 Å². The van der Waals surface area contributed by atoms with Crippen molar-refractivity contribution in [3.8, 4) is 5.75 Å². The molecule has 3 aromatic rings. The van der Waals surface area contributed by atoms with Crippen molar-refractivity contribution in [2.45, 2.75) is 56.2 Å². The Hall–Kier alpha value is -3.30. The second kappa shape index (κ2) is 11.2. The fourth-order valence-corrected chi connectivity index (χ4v) is 5.30. The molecule has 190 valence electrons. The van der Waals surface area contributed by atoms with E-state index in [2.05, 4.69) is 33.0 Å². The molecule has 0 bridgehead atoms. The molecule has 3 heterocycles. The zero-order valence-electron chi connectivity index (χ0n) is 20.7. The largest absolute Gasteiger partial charge is 0.491 e. The Morgan fingerprint density at radius 1 is 1.08 bits per heavy atom. The fourth-order valence-electron chi connectivity index (χ4n) is 5.30. The number of benzene rings is 2. The number of tetrazole rings is 1. The highest BCUT2D eigenvalue weighted by atomic mass is 16.5. The molecule has 2 aliphatic heterocycles. The molecule has 1 amide bonds. The van der Waals surface area contributed by atoms with Gasteiger partial charge in [-0.1, -0.05) is 30.3 Å². The van der Waals surface area contributed by atoms with Crippen molar-refractivity contribution < 1.29 is 14.6 Å². The summed E-state index contributed by atoms with van der Waals surface area (Å²) in [6.07, 6.45) is 3.98. The Bertz CT molecular complexity index is 1130. The predicted octanol–water partition coefficient (Wildman–Crippen LogP) is 2.33. The van der Waals surface area contributed by atoms with Crippen LogP contribution in [0.1, 0.15) is 53.3 Å². The van der Waals surface area contributed by atoms with E-state index in [0.717, 1.165) is 49.2 Å². The van der Waals surface area contributed by atoms with Gasteiger partial charge in [-0.3, -0.25) is 4.79 Å². The molecular weight excluding hydrogens is 456 g/mol. The van der Waals surface area contributed by atoms with Crippen LogP contribution < -0.4 is 10.1 Å². The first kappa shape index (κ1) is 24.4. The Kier molecular flexibility index (Phi) is 7.58. The number of para-hydroxylation sites is 1. The second-order valence-electron chi connectivity index (χ2n) is 9.87. The van der Waals surface area contributed by atoms with Crippen molar-refractivity contribution >= 4 is 5.91 Å². The average Bonchev–Trinajstić information content (AvgIpc) is 3.57. The monoisotopic (exact) mass is 490 g/mol. The van der Waals surface area contributed by atoms with E-state index >= 15 is 0 Å². The van der Waals surface area contributed by atoms with E-state index in [1.54, 1.807) is 4.68 Å². The third-order valence-electron chi connectivity index (χ3n) is 7.39. The van der Waals surface area contributed by atoms with Crippen LogP contribution in [0.4, 0.5) is 0 Å². The number of rotatable bonds is 8. The number of carbonyl (C=O) groups is 1. The summed E-state index contributed by atoms with van der Waals surface area (Å²) in [5, 5.41) is 25.9. The van der Waals surface area contributed by atoms with Gasteiger partial charge in [-0.25, -0.2) is 4.68 Å². The Morgan fingerprint density at radius 2 is 1.83 bits per heavy atom. The van der Waals surface area contributed by atoms with Crippen LogP contribution in [0.5, 0.6) is 5.75 Å². The zero-order chi connectivity index (χ0) is 24.9. The molecule has 3 atom stereocenters. The summed E-state index contributed by atoms with van der Waals surface area (Å²) in [6.45, 7) is 1.70. The molecule has 0 unspecified atom stereocenters. The van der Waals surface area contributed by atoms with Gasteiger partial charge < -0.3 is 20.1 Å². The number of hydrogen-bond acceptors (Lipinski definition) is 7. The smallest absolute Gasteiger partial charge is 0.253 e. The molecule has 2 aromatic carbocycles. The molecule has 0 aliphatic carbocycles. The number of ether oxygens (including phenoxy) is 1. The van der Waals surface area contributed by atoms with Gasteiger partial charge >= 0.3 is 0 Å². The van der Waals surface area contributed by atoms with E-state index in [0.29, 0.717) is 25.0 Å². The van der Waals surface area contributed by atoms with Gasteiger partial charge in [0.2, 0.25) is 0 Å². The van der Waals surface area contributed by atoms with Gasteiger partial charge in [0.25, 0.3) is 5.91 Å². The number of aryl methyl sites for hydroxylation is 1. The van der Waals surface area contributed by atoms with Gasteiger partial charge in [0.1, 0.15) is 18.5 Å². The van der Waals surface area contributed by atoms with Crippen LogP contribution >= 0.6 is 0 Å². The van der Waals surface area contributed by atoms with E-state index in [1.165, 1.54) is 5.56 Å². The average molecular weight is 491 g/mol. The summed E-state index contributed by atoms with van der Waals surface area (Å²) < 4.78 is 7.44. The highest BCUT2D eigenvalue weighted by Crippen LogP contribution is 2.27. The van der Waals surface area contributed by atoms with Crippen LogP contribution in [-0.2, 0) is 13.5 Å². The van der Waals surface area contributed by atoms with Crippen LogP contribution in [-0.4, -0.2) is 74.0 Å². The van der Waals surface area contributed by atoms with E-state index < -0.39 is 6.10 Å². The fraction of sp³-hybridized carbons (Fsp3) is 0.481. The van der Waals surface area contributed by atoms with Crippen LogP contribution in [0.3, 0.4) is 0 Å². The van der Waals surface area contributed by atoms with Crippen molar-refractivity contribution in [3.63, 3.8) is 0 Å². The van der Waals surface area contributed by atoms with Gasteiger partial charge in [-0.2, -0.15) is 0 Å². The minimum atomic E-state index is -0.552. The molecule has 0 radical (unpaired) electrons. The number of aliphatic hydroxyl groups is 1. The molecule has 0 spiro atoms. The quantitative estimate of drug-likeness (QED) is 0.499. The lowest BCUT2D eigenvalue weighted by Gasteiger charge is -2.31. The van der Waals surface area contributed by atoms with Crippen molar-refractivity contribution in [1.29, 1.82) is 0 Å². The number of aliphatic hydroxyl groups excluding tert-OH is 1. The highest BCUT2D eigenvalue weighted by Gasteiger charge is 2.30. The first-order chi connectivity index (χ1) is 17.6. The van der Waals surface area contributed by atoms with Crippen LogP contribution in [0.2, 0.25) is 0 Å². The third-order valence-corrected chi connectivity index (χ3v) is 7.39. The van der Waals surface area contributed by atoms with Crippen LogP contribution in [0.15, 0.2) is 54.6 Å². The number of aromatic nitrogens is 4. The standard InChI is InChI=1S/C27H34N6O3/c1-32-26(29-30-31-32)20-13-15-33(16-14-20)27(35)21-9-7-19(8-10-21)17-22-11-12-24(28-22)25(34)18-36-23-5-3-2-4-6-23/h2-10,20,22,24-25,28,34H,11-18H2,1H3/t22-,24+,25+/m0/s1. The molecule has 36 heavy (non-hydrogen) atoms. The summed E-state index contributed by atoms with van der Waals surface area (Å²) in [6, 6.07) is 17.9. The second-order valence-corrected chi connectivity index (χ2v) is 9.87. The molecule has 9 heteroatoms. The Balaban J connectivity index is 1.08.